The number of rotatable bonds is 0. The number of halogens is 2. The van der Waals surface area contributed by atoms with Gasteiger partial charge in [-0.15, -0.1) is 49.6 Å². The molecule has 2 aliphatic rings. The van der Waals surface area contributed by atoms with Gasteiger partial charge >= 0.3 is 0 Å². The summed E-state index contributed by atoms with van der Waals surface area (Å²) >= 11 is 7.50. The maximum absolute atomic E-state index is 3.75. The molecule has 0 fully saturated rings. The van der Waals surface area contributed by atoms with Gasteiger partial charge < -0.3 is 0 Å². The zero-order chi connectivity index (χ0) is 19.2. The van der Waals surface area contributed by atoms with Gasteiger partial charge in [0.05, 0.1) is 5.57 Å². The molecule has 0 atom stereocenters. The first-order valence-corrected chi connectivity index (χ1v) is 10.3. The van der Waals surface area contributed by atoms with Gasteiger partial charge in [-0.05, 0) is 40.0 Å². The molecule has 0 N–H and O–H groups in total. The van der Waals surface area contributed by atoms with Crippen molar-refractivity contribution in [3.63, 3.8) is 0 Å². The molecule has 2 aliphatic carbocycles. The highest BCUT2D eigenvalue weighted by molar-refractivity contribution is 9.12. The summed E-state index contributed by atoms with van der Waals surface area (Å²) in [4.78, 5) is 1.07. The van der Waals surface area contributed by atoms with Crippen molar-refractivity contribution in [2.24, 2.45) is 10.8 Å². The summed E-state index contributed by atoms with van der Waals surface area (Å²) in [7, 11) is 0. The summed E-state index contributed by atoms with van der Waals surface area (Å²) in [6, 6.07) is 0. The lowest BCUT2D eigenvalue weighted by Crippen LogP contribution is -2.14. The second-order valence-electron chi connectivity index (χ2n) is 8.92. The molecular weight excluding hydrogens is 436 g/mol. The van der Waals surface area contributed by atoms with E-state index in [9.17, 15) is 0 Å². The highest BCUT2D eigenvalue weighted by atomic mass is 79.9. The molecule has 2 rings (SSSR count). The largest absolute Gasteiger partial charge is 0.204 e. The Labute approximate surface area is 170 Å². The van der Waals surface area contributed by atoms with Gasteiger partial charge in [-0.2, -0.15) is 0 Å². The van der Waals surface area contributed by atoms with Crippen molar-refractivity contribution < 1.29 is 0 Å². The summed E-state index contributed by atoms with van der Waals surface area (Å²) < 4.78 is 1.07. The van der Waals surface area contributed by atoms with Crippen molar-refractivity contribution in [3.05, 3.63) is 73.1 Å². The smallest absolute Gasteiger partial charge is 0.0548 e. The highest BCUT2D eigenvalue weighted by Gasteiger charge is 2.27. The highest BCUT2D eigenvalue weighted by Crippen LogP contribution is 2.43. The molecule has 0 aromatic rings. The third kappa shape index (κ3) is 4.67. The zero-order valence-corrected chi connectivity index (χ0v) is 19.7. The fraction of sp³-hybridized carbons (Fsp3) is 0.435. The van der Waals surface area contributed by atoms with Crippen molar-refractivity contribution in [3.8, 4) is 0 Å². The Balaban J connectivity index is 2.51. The molecule has 0 spiro atoms. The molecule has 0 unspecified atom stereocenters. The van der Waals surface area contributed by atoms with Crippen LogP contribution >= 0.6 is 31.9 Å². The van der Waals surface area contributed by atoms with Crippen LogP contribution in [0.3, 0.4) is 0 Å². The van der Waals surface area contributed by atoms with Gasteiger partial charge in [0.15, 0.2) is 0 Å². The first-order chi connectivity index (χ1) is 11.3. The predicted molar refractivity (Wildman–Crippen MR) is 117 cm³/mol. The van der Waals surface area contributed by atoms with E-state index in [1.165, 1.54) is 28.2 Å². The molecule has 2 heteroatoms. The summed E-state index contributed by atoms with van der Waals surface area (Å²) in [5, 5.41) is 0. The Bertz CT molecular complexity index is 687. The van der Waals surface area contributed by atoms with E-state index in [4.69, 9.17) is 0 Å². The summed E-state index contributed by atoms with van der Waals surface area (Å²) in [6.07, 6.45) is 9.00. The first-order valence-electron chi connectivity index (χ1n) is 8.69. The average Bonchev–Trinajstić information content (AvgIpc) is 2.42. The maximum atomic E-state index is 3.75. The summed E-state index contributed by atoms with van der Waals surface area (Å²) in [5.74, 6) is 1.27. The van der Waals surface area contributed by atoms with Gasteiger partial charge in [0, 0.05) is 34.6 Å². The summed E-state index contributed by atoms with van der Waals surface area (Å²) in [5.41, 5.74) is 10.1. The second kappa shape index (κ2) is 7.06. The van der Waals surface area contributed by atoms with Gasteiger partial charge in [-0.3, -0.25) is 0 Å². The van der Waals surface area contributed by atoms with E-state index < -0.39 is 0 Å². The lowest BCUT2D eigenvalue weighted by Gasteiger charge is -2.33. The van der Waals surface area contributed by atoms with Crippen LogP contribution in [0.15, 0.2) is 62.4 Å². The van der Waals surface area contributed by atoms with Gasteiger partial charge in [0.25, 0.3) is 0 Å². The molecule has 0 radical (unpaired) electrons. The third-order valence-electron chi connectivity index (χ3n) is 4.56. The molecule has 0 aromatic heterocycles. The Kier molecular flexibility index (Phi) is 5.79. The van der Waals surface area contributed by atoms with Crippen molar-refractivity contribution in [1.82, 2.24) is 0 Å². The van der Waals surface area contributed by atoms with E-state index in [0.29, 0.717) is 0 Å². The SMILES string of the molecule is CC1=CC(C(C)(C)C)=C[C+](C)C1=C=C1C(Br)=CC(C(C)(C)C)=C[C-]1Br. The van der Waals surface area contributed by atoms with E-state index in [0.717, 1.165) is 14.9 Å². The van der Waals surface area contributed by atoms with E-state index in [1.54, 1.807) is 0 Å². The molecule has 0 saturated carbocycles. The normalized spacial score (nSPS) is 19.3. The lowest BCUT2D eigenvalue weighted by atomic mass is 9.77. The van der Waals surface area contributed by atoms with Gasteiger partial charge in [0.2, 0.25) is 0 Å². The van der Waals surface area contributed by atoms with Crippen molar-refractivity contribution in [2.45, 2.75) is 55.4 Å². The van der Waals surface area contributed by atoms with Crippen LogP contribution in [0.2, 0.25) is 0 Å². The minimum Gasteiger partial charge on any atom is -0.204 e. The monoisotopic (exact) mass is 462 g/mol. The van der Waals surface area contributed by atoms with E-state index in [2.05, 4.69) is 117 Å². The van der Waals surface area contributed by atoms with Crippen LogP contribution < -0.4 is 0 Å². The van der Waals surface area contributed by atoms with Crippen LogP contribution in [-0.4, -0.2) is 0 Å². The molecule has 0 heterocycles. The van der Waals surface area contributed by atoms with Crippen LogP contribution in [0, 0.1) is 21.6 Å². The average molecular weight is 464 g/mol. The predicted octanol–water partition coefficient (Wildman–Crippen LogP) is 8.16. The van der Waals surface area contributed by atoms with E-state index in [1.807, 2.05) is 0 Å². The standard InChI is InChI=1S/C23H28Br2/c1-14-9-16(22(3,4)5)10-15(2)18(14)13-19-20(24)11-17(12-21(19)25)23(6,7)8/h9-12H,1-8H3. The number of hydrogen-bond donors (Lipinski definition) is 0. The molecule has 0 nitrogen and oxygen atoms in total. The van der Waals surface area contributed by atoms with Crippen LogP contribution in [0.5, 0.6) is 0 Å². The quantitative estimate of drug-likeness (QED) is 0.251. The Morgan fingerprint density at radius 2 is 1.56 bits per heavy atom. The maximum Gasteiger partial charge on any atom is 0.0548 e. The van der Waals surface area contributed by atoms with Gasteiger partial charge in [-0.25, -0.2) is 5.73 Å². The van der Waals surface area contributed by atoms with Gasteiger partial charge in [-0.1, -0.05) is 35.7 Å². The Hall–Kier alpha value is -0.820. The minimum absolute atomic E-state index is 0.115. The fourth-order valence-electron chi connectivity index (χ4n) is 2.84. The fourth-order valence-corrected chi connectivity index (χ4v) is 4.23. The molecule has 0 aromatic carbocycles. The van der Waals surface area contributed by atoms with Crippen LogP contribution in [-0.2, 0) is 0 Å². The van der Waals surface area contributed by atoms with Crippen molar-refractivity contribution >= 4 is 31.9 Å². The van der Waals surface area contributed by atoms with Crippen LogP contribution in [0.4, 0.5) is 0 Å². The van der Waals surface area contributed by atoms with Crippen molar-refractivity contribution in [2.75, 3.05) is 0 Å². The molecule has 0 aliphatic heterocycles. The van der Waals surface area contributed by atoms with Crippen molar-refractivity contribution in [1.29, 1.82) is 0 Å². The second-order valence-corrected chi connectivity index (χ2v) is 10.6. The molecule has 0 amide bonds. The van der Waals surface area contributed by atoms with Crippen LogP contribution in [0.25, 0.3) is 0 Å². The van der Waals surface area contributed by atoms with Crippen LogP contribution in [0.1, 0.15) is 55.4 Å². The number of hydrogen-bond acceptors (Lipinski definition) is 0. The van der Waals surface area contributed by atoms with E-state index in [-0.39, 0.29) is 10.8 Å². The molecule has 0 saturated heterocycles. The molecule has 0 bridgehead atoms. The molecule has 25 heavy (non-hydrogen) atoms. The Morgan fingerprint density at radius 3 is 2.00 bits per heavy atom. The van der Waals surface area contributed by atoms with E-state index >= 15 is 0 Å². The van der Waals surface area contributed by atoms with Gasteiger partial charge in [0.1, 0.15) is 0 Å². The lowest BCUT2D eigenvalue weighted by molar-refractivity contribution is 0.514. The number of allylic oxidation sites excluding steroid dienone is 9. The zero-order valence-electron chi connectivity index (χ0n) is 16.6. The minimum atomic E-state index is 0.115. The Morgan fingerprint density at radius 1 is 1.00 bits per heavy atom. The third-order valence-corrected chi connectivity index (χ3v) is 5.81. The summed E-state index contributed by atoms with van der Waals surface area (Å²) in [6.45, 7) is 17.8. The molecule has 134 valence electrons. The topological polar surface area (TPSA) is 0 Å². The first kappa shape index (κ1) is 20.5. The molecular formula is C23H28Br2.